The van der Waals surface area contributed by atoms with Gasteiger partial charge < -0.3 is 14.8 Å². The van der Waals surface area contributed by atoms with E-state index in [9.17, 15) is 14.4 Å². The molecule has 1 aromatic carbocycles. The second-order valence-electron chi connectivity index (χ2n) is 5.86. The first-order valence-corrected chi connectivity index (χ1v) is 7.71. The standard InChI is InChI=1S/C17H19N3O5/c1-19-15-13(16(22)20(2)17(19)23)10(8-12(21)18-15)9-6-5-7-11(24-3)14(9)25-4/h5-7,10H,8H2,1-4H3,(H,18,21)/t10-/m1/s1. The highest BCUT2D eigenvalue weighted by molar-refractivity contribution is 5.94. The van der Waals surface area contributed by atoms with Gasteiger partial charge in [-0.3, -0.25) is 18.7 Å². The molecule has 0 aliphatic carbocycles. The number of ether oxygens (including phenoxy) is 2. The van der Waals surface area contributed by atoms with Crippen LogP contribution in [-0.2, 0) is 18.9 Å². The molecule has 1 aliphatic rings. The fourth-order valence-electron chi connectivity index (χ4n) is 3.26. The van der Waals surface area contributed by atoms with Crippen molar-refractivity contribution >= 4 is 11.7 Å². The van der Waals surface area contributed by atoms with Crippen molar-refractivity contribution in [2.45, 2.75) is 12.3 Å². The smallest absolute Gasteiger partial charge is 0.332 e. The van der Waals surface area contributed by atoms with Gasteiger partial charge in [0, 0.05) is 32.0 Å². The zero-order valence-corrected chi connectivity index (χ0v) is 14.5. The van der Waals surface area contributed by atoms with Gasteiger partial charge in [-0.05, 0) is 6.07 Å². The number of fused-ring (bicyclic) bond motifs is 1. The lowest BCUT2D eigenvalue weighted by molar-refractivity contribution is -0.116. The number of carbonyl (C=O) groups excluding carboxylic acids is 1. The Kier molecular flexibility index (Phi) is 4.12. The zero-order chi connectivity index (χ0) is 18.3. The number of hydrogen-bond donors (Lipinski definition) is 1. The molecule has 132 valence electrons. The normalized spacial score (nSPS) is 16.2. The topological polar surface area (TPSA) is 91.6 Å². The Morgan fingerprint density at radius 1 is 1.08 bits per heavy atom. The molecule has 1 amide bonds. The summed E-state index contributed by atoms with van der Waals surface area (Å²) in [5.41, 5.74) is 0.0831. The van der Waals surface area contributed by atoms with Gasteiger partial charge in [-0.1, -0.05) is 12.1 Å². The van der Waals surface area contributed by atoms with Crippen LogP contribution in [-0.4, -0.2) is 29.3 Å². The van der Waals surface area contributed by atoms with E-state index in [1.165, 1.54) is 32.9 Å². The number of amides is 1. The average molecular weight is 345 g/mol. The third-order valence-electron chi connectivity index (χ3n) is 4.50. The predicted octanol–water partition coefficient (Wildman–Crippen LogP) is 0.575. The van der Waals surface area contributed by atoms with E-state index in [0.29, 0.717) is 22.6 Å². The SMILES string of the molecule is COc1cccc([C@H]2CC(=O)Nc3c2c(=O)n(C)c(=O)n3C)c1OC. The molecule has 1 aliphatic heterocycles. The molecule has 2 heterocycles. The molecule has 0 bridgehead atoms. The van der Waals surface area contributed by atoms with Crippen LogP contribution in [0.2, 0.25) is 0 Å². The maximum absolute atomic E-state index is 12.8. The first-order chi connectivity index (χ1) is 11.9. The van der Waals surface area contributed by atoms with Gasteiger partial charge in [-0.2, -0.15) is 0 Å². The highest BCUT2D eigenvalue weighted by Crippen LogP contribution is 2.42. The Balaban J connectivity index is 2.34. The molecule has 1 N–H and O–H groups in total. The number of anilines is 1. The van der Waals surface area contributed by atoms with E-state index in [1.54, 1.807) is 18.2 Å². The number of hydrogen-bond acceptors (Lipinski definition) is 5. The molecule has 8 heteroatoms. The quantitative estimate of drug-likeness (QED) is 0.878. The van der Waals surface area contributed by atoms with Crippen LogP contribution < -0.4 is 26.0 Å². The minimum absolute atomic E-state index is 0.0734. The van der Waals surface area contributed by atoms with E-state index in [2.05, 4.69) is 5.32 Å². The summed E-state index contributed by atoms with van der Waals surface area (Å²) in [5, 5.41) is 2.64. The van der Waals surface area contributed by atoms with Gasteiger partial charge in [0.05, 0.1) is 19.8 Å². The van der Waals surface area contributed by atoms with Crippen LogP contribution in [0.15, 0.2) is 27.8 Å². The van der Waals surface area contributed by atoms with Crippen LogP contribution in [0.25, 0.3) is 0 Å². The van der Waals surface area contributed by atoms with E-state index in [0.717, 1.165) is 4.57 Å². The van der Waals surface area contributed by atoms with E-state index in [4.69, 9.17) is 9.47 Å². The molecule has 0 saturated carbocycles. The van der Waals surface area contributed by atoms with Gasteiger partial charge in [-0.15, -0.1) is 0 Å². The fraction of sp³-hybridized carbons (Fsp3) is 0.353. The second-order valence-corrected chi connectivity index (χ2v) is 5.86. The zero-order valence-electron chi connectivity index (χ0n) is 14.5. The van der Waals surface area contributed by atoms with Gasteiger partial charge in [0.25, 0.3) is 5.56 Å². The number of rotatable bonds is 3. The monoisotopic (exact) mass is 345 g/mol. The largest absolute Gasteiger partial charge is 0.493 e. The molecule has 0 fully saturated rings. The first kappa shape index (κ1) is 16.8. The van der Waals surface area contributed by atoms with Gasteiger partial charge in [-0.25, -0.2) is 4.79 Å². The summed E-state index contributed by atoms with van der Waals surface area (Å²) in [4.78, 5) is 37.1. The van der Waals surface area contributed by atoms with Crippen molar-refractivity contribution in [2.75, 3.05) is 19.5 Å². The summed E-state index contributed by atoms with van der Waals surface area (Å²) in [6, 6.07) is 5.30. The van der Waals surface area contributed by atoms with Gasteiger partial charge in [0.15, 0.2) is 11.5 Å². The maximum Gasteiger partial charge on any atom is 0.332 e. The number of methoxy groups -OCH3 is 2. The minimum Gasteiger partial charge on any atom is -0.493 e. The van der Waals surface area contributed by atoms with E-state index < -0.39 is 17.2 Å². The van der Waals surface area contributed by atoms with Crippen LogP contribution in [0.1, 0.15) is 23.5 Å². The lowest BCUT2D eigenvalue weighted by Gasteiger charge is -2.28. The Morgan fingerprint density at radius 3 is 2.44 bits per heavy atom. The molecule has 2 aromatic rings. The summed E-state index contributed by atoms with van der Waals surface area (Å²) < 4.78 is 13.1. The first-order valence-electron chi connectivity index (χ1n) is 7.71. The number of nitrogens with zero attached hydrogens (tertiary/aromatic N) is 2. The van der Waals surface area contributed by atoms with Crippen LogP contribution in [0.5, 0.6) is 11.5 Å². The highest BCUT2D eigenvalue weighted by Gasteiger charge is 2.34. The summed E-state index contributed by atoms with van der Waals surface area (Å²) in [6.45, 7) is 0. The predicted molar refractivity (Wildman–Crippen MR) is 91.6 cm³/mol. The minimum atomic E-state index is -0.542. The number of aromatic nitrogens is 2. The lowest BCUT2D eigenvalue weighted by Crippen LogP contribution is -2.44. The van der Waals surface area contributed by atoms with Crippen LogP contribution in [0.3, 0.4) is 0 Å². The van der Waals surface area contributed by atoms with Crippen LogP contribution in [0, 0.1) is 0 Å². The van der Waals surface area contributed by atoms with Gasteiger partial charge in [0.2, 0.25) is 5.91 Å². The summed E-state index contributed by atoms with van der Waals surface area (Å²) in [5.74, 6) is 0.380. The molecule has 1 atom stereocenters. The van der Waals surface area contributed by atoms with Crippen molar-refractivity contribution in [1.29, 1.82) is 0 Å². The number of nitrogens with one attached hydrogen (secondary N) is 1. The van der Waals surface area contributed by atoms with E-state index in [1.807, 2.05) is 0 Å². The number of benzene rings is 1. The molecule has 0 saturated heterocycles. The van der Waals surface area contributed by atoms with Crippen molar-refractivity contribution in [3.8, 4) is 11.5 Å². The Bertz CT molecular complexity index is 973. The molecule has 3 rings (SSSR count). The van der Waals surface area contributed by atoms with Crippen molar-refractivity contribution in [3.05, 3.63) is 50.2 Å². The Labute approximate surface area is 143 Å². The summed E-state index contributed by atoms with van der Waals surface area (Å²) in [7, 11) is 5.96. The Hall–Kier alpha value is -3.03. The number of carbonyl (C=O) groups is 1. The van der Waals surface area contributed by atoms with Crippen molar-refractivity contribution in [3.63, 3.8) is 0 Å². The second kappa shape index (κ2) is 6.12. The highest BCUT2D eigenvalue weighted by atomic mass is 16.5. The Morgan fingerprint density at radius 2 is 1.80 bits per heavy atom. The molecular weight excluding hydrogens is 326 g/mol. The molecule has 0 unspecified atom stereocenters. The van der Waals surface area contributed by atoms with Gasteiger partial charge >= 0.3 is 5.69 Å². The average Bonchev–Trinajstić information content (AvgIpc) is 2.62. The van der Waals surface area contributed by atoms with Crippen molar-refractivity contribution in [1.82, 2.24) is 9.13 Å². The third-order valence-corrected chi connectivity index (χ3v) is 4.50. The number of para-hydroxylation sites is 1. The molecular formula is C17H19N3O5. The van der Waals surface area contributed by atoms with Gasteiger partial charge in [0.1, 0.15) is 5.82 Å². The molecule has 25 heavy (non-hydrogen) atoms. The van der Waals surface area contributed by atoms with E-state index in [-0.39, 0.29) is 18.1 Å². The lowest BCUT2D eigenvalue weighted by atomic mass is 9.86. The maximum atomic E-state index is 12.8. The van der Waals surface area contributed by atoms with Crippen LogP contribution in [0.4, 0.5) is 5.82 Å². The molecule has 8 nitrogen and oxygen atoms in total. The van der Waals surface area contributed by atoms with Crippen molar-refractivity contribution in [2.24, 2.45) is 14.1 Å². The summed E-state index contributed by atoms with van der Waals surface area (Å²) in [6.07, 6.45) is 0.0734. The fourth-order valence-corrected chi connectivity index (χ4v) is 3.26. The summed E-state index contributed by atoms with van der Waals surface area (Å²) >= 11 is 0. The molecule has 0 radical (unpaired) electrons. The van der Waals surface area contributed by atoms with Crippen LogP contribution >= 0.6 is 0 Å². The third kappa shape index (κ3) is 2.50. The van der Waals surface area contributed by atoms with E-state index >= 15 is 0 Å². The van der Waals surface area contributed by atoms with Crippen molar-refractivity contribution < 1.29 is 14.3 Å². The molecule has 0 spiro atoms. The molecule has 1 aromatic heterocycles.